The lowest BCUT2D eigenvalue weighted by molar-refractivity contribution is -0.143. The van der Waals surface area contributed by atoms with Crippen molar-refractivity contribution in [3.63, 3.8) is 0 Å². The Hall–Kier alpha value is -0.620. The summed E-state index contributed by atoms with van der Waals surface area (Å²) in [7, 11) is -2.82. The number of hydrogen-bond donors (Lipinski definition) is 2. The predicted molar refractivity (Wildman–Crippen MR) is 63.5 cm³/mol. The fraction of sp³-hybridized carbons (Fsp3) is 0.909. The Morgan fingerprint density at radius 1 is 1.47 bits per heavy atom. The molecule has 2 N–H and O–H groups in total. The van der Waals surface area contributed by atoms with E-state index in [0.29, 0.717) is 18.7 Å². The molecule has 0 saturated carbocycles. The lowest BCUT2D eigenvalue weighted by atomic mass is 9.88. The fourth-order valence-corrected chi connectivity index (χ4v) is 4.83. The lowest BCUT2D eigenvalue weighted by Gasteiger charge is -2.19. The molecule has 0 amide bonds. The number of carboxylic acid groups (broad SMARTS) is 1. The van der Waals surface area contributed by atoms with Crippen molar-refractivity contribution < 1.29 is 18.3 Å². The molecule has 3 atom stereocenters. The average Bonchev–Trinajstić information content (AvgIpc) is 2.72. The van der Waals surface area contributed by atoms with Crippen LogP contribution < -0.4 is 5.32 Å². The Bertz CT molecular complexity index is 419. The molecule has 2 aliphatic heterocycles. The van der Waals surface area contributed by atoms with Crippen molar-refractivity contribution in [2.24, 2.45) is 11.8 Å². The van der Waals surface area contributed by atoms with Gasteiger partial charge in [-0.25, -0.2) is 8.42 Å². The first-order chi connectivity index (χ1) is 7.81. The third kappa shape index (κ3) is 2.80. The van der Waals surface area contributed by atoms with E-state index in [2.05, 4.69) is 5.32 Å². The Morgan fingerprint density at radius 3 is 2.65 bits per heavy atom. The van der Waals surface area contributed by atoms with Crippen molar-refractivity contribution in [1.82, 2.24) is 5.32 Å². The van der Waals surface area contributed by atoms with Crippen LogP contribution in [0.2, 0.25) is 0 Å². The van der Waals surface area contributed by atoms with Gasteiger partial charge in [0, 0.05) is 0 Å². The average molecular weight is 261 g/mol. The molecule has 0 radical (unpaired) electrons. The summed E-state index contributed by atoms with van der Waals surface area (Å²) in [6.45, 7) is 2.38. The van der Waals surface area contributed by atoms with Gasteiger partial charge in [0.1, 0.15) is 5.54 Å². The smallest absolute Gasteiger partial charge is 0.323 e. The topological polar surface area (TPSA) is 83.5 Å². The minimum absolute atomic E-state index is 0.225. The first-order valence-corrected chi connectivity index (χ1v) is 7.82. The standard InChI is InChI=1S/C11H19NO4S/c1-11(10(13)14)5-9(6-12-11)4-8-2-3-17(15,16)7-8/h8-9,12H,2-7H2,1H3,(H,13,14). The van der Waals surface area contributed by atoms with Gasteiger partial charge < -0.3 is 10.4 Å². The van der Waals surface area contributed by atoms with Crippen LogP contribution in [-0.2, 0) is 14.6 Å². The number of hydrogen-bond acceptors (Lipinski definition) is 4. The minimum Gasteiger partial charge on any atom is -0.480 e. The molecule has 0 bridgehead atoms. The van der Waals surface area contributed by atoms with Gasteiger partial charge in [-0.1, -0.05) is 0 Å². The third-order valence-corrected chi connectivity index (χ3v) is 5.78. The van der Waals surface area contributed by atoms with Crippen molar-refractivity contribution in [1.29, 1.82) is 0 Å². The van der Waals surface area contributed by atoms with Gasteiger partial charge in [0.25, 0.3) is 0 Å². The van der Waals surface area contributed by atoms with Crippen LogP contribution in [0.1, 0.15) is 26.2 Å². The van der Waals surface area contributed by atoms with E-state index in [1.165, 1.54) is 0 Å². The molecule has 2 heterocycles. The van der Waals surface area contributed by atoms with Gasteiger partial charge in [0.05, 0.1) is 11.5 Å². The second kappa shape index (κ2) is 4.24. The minimum atomic E-state index is -2.82. The Balaban J connectivity index is 1.89. The zero-order valence-electron chi connectivity index (χ0n) is 9.98. The maximum atomic E-state index is 11.3. The van der Waals surface area contributed by atoms with Crippen molar-refractivity contribution in [3.05, 3.63) is 0 Å². The number of sulfone groups is 1. The van der Waals surface area contributed by atoms with Gasteiger partial charge in [-0.15, -0.1) is 0 Å². The molecule has 2 aliphatic rings. The Labute approximate surface area is 102 Å². The normalized spacial score (nSPS) is 40.5. The second-order valence-corrected chi connectivity index (χ2v) is 7.82. The molecule has 2 saturated heterocycles. The van der Waals surface area contributed by atoms with E-state index in [1.807, 2.05) is 0 Å². The third-order valence-electron chi connectivity index (χ3n) is 3.94. The summed E-state index contributed by atoms with van der Waals surface area (Å²) in [5, 5.41) is 12.1. The zero-order valence-corrected chi connectivity index (χ0v) is 10.8. The predicted octanol–water partition coefficient (Wildman–Crippen LogP) is 0.264. The summed E-state index contributed by atoms with van der Waals surface area (Å²) < 4.78 is 22.7. The number of aliphatic carboxylic acids is 1. The lowest BCUT2D eigenvalue weighted by Crippen LogP contribution is -2.44. The van der Waals surface area contributed by atoms with Gasteiger partial charge in [-0.2, -0.15) is 0 Å². The number of carboxylic acids is 1. The molecule has 3 unspecified atom stereocenters. The molecule has 0 aromatic rings. The summed E-state index contributed by atoms with van der Waals surface area (Å²) in [6, 6.07) is 0. The van der Waals surface area contributed by atoms with Gasteiger partial charge in [-0.05, 0) is 44.6 Å². The molecule has 2 fully saturated rings. The van der Waals surface area contributed by atoms with E-state index < -0.39 is 21.3 Å². The molecule has 0 aromatic carbocycles. The molecule has 98 valence electrons. The highest BCUT2D eigenvalue weighted by molar-refractivity contribution is 7.91. The number of carbonyl (C=O) groups is 1. The largest absolute Gasteiger partial charge is 0.480 e. The summed E-state index contributed by atoms with van der Waals surface area (Å²) in [5.74, 6) is 0.276. The van der Waals surface area contributed by atoms with Gasteiger partial charge in [0.15, 0.2) is 9.84 Å². The SMILES string of the molecule is CC1(C(=O)O)CC(CC2CCS(=O)(=O)C2)CN1. The Morgan fingerprint density at radius 2 is 2.18 bits per heavy atom. The molecule has 17 heavy (non-hydrogen) atoms. The van der Waals surface area contributed by atoms with Crippen LogP contribution in [-0.4, -0.2) is 43.1 Å². The molecule has 0 spiro atoms. The van der Waals surface area contributed by atoms with Crippen LogP contribution in [0.25, 0.3) is 0 Å². The van der Waals surface area contributed by atoms with Crippen molar-refractivity contribution >= 4 is 15.8 Å². The molecule has 2 rings (SSSR count). The first-order valence-electron chi connectivity index (χ1n) is 6.00. The van der Waals surface area contributed by atoms with E-state index in [1.54, 1.807) is 6.92 Å². The van der Waals surface area contributed by atoms with E-state index >= 15 is 0 Å². The Kier molecular flexibility index (Phi) is 3.20. The monoisotopic (exact) mass is 261 g/mol. The fourth-order valence-electron chi connectivity index (χ4n) is 2.95. The van der Waals surface area contributed by atoms with Gasteiger partial charge >= 0.3 is 5.97 Å². The molecular weight excluding hydrogens is 242 g/mol. The van der Waals surface area contributed by atoms with E-state index in [0.717, 1.165) is 12.8 Å². The van der Waals surface area contributed by atoms with Crippen LogP contribution in [0.15, 0.2) is 0 Å². The summed E-state index contributed by atoms with van der Waals surface area (Å²) in [6.07, 6.45) is 2.16. The summed E-state index contributed by atoms with van der Waals surface area (Å²) in [5.41, 5.74) is -0.831. The quantitative estimate of drug-likeness (QED) is 0.761. The maximum absolute atomic E-state index is 11.3. The van der Waals surface area contributed by atoms with E-state index in [9.17, 15) is 13.2 Å². The van der Waals surface area contributed by atoms with Crippen LogP contribution in [0.4, 0.5) is 0 Å². The van der Waals surface area contributed by atoms with Crippen molar-refractivity contribution in [3.8, 4) is 0 Å². The van der Waals surface area contributed by atoms with Crippen LogP contribution in [0, 0.1) is 11.8 Å². The van der Waals surface area contributed by atoms with Crippen molar-refractivity contribution in [2.75, 3.05) is 18.1 Å². The molecule has 0 aromatic heterocycles. The molecule has 6 heteroatoms. The highest BCUT2D eigenvalue weighted by atomic mass is 32.2. The summed E-state index contributed by atoms with van der Waals surface area (Å²) >= 11 is 0. The van der Waals surface area contributed by atoms with Gasteiger partial charge in [-0.3, -0.25) is 4.79 Å². The van der Waals surface area contributed by atoms with E-state index in [-0.39, 0.29) is 17.6 Å². The second-order valence-electron chi connectivity index (χ2n) is 5.59. The van der Waals surface area contributed by atoms with Crippen LogP contribution in [0.3, 0.4) is 0 Å². The van der Waals surface area contributed by atoms with Crippen LogP contribution >= 0.6 is 0 Å². The highest BCUT2D eigenvalue weighted by Gasteiger charge is 2.42. The molecule has 5 nitrogen and oxygen atoms in total. The first kappa shape index (κ1) is 12.8. The number of rotatable bonds is 3. The summed E-state index contributed by atoms with van der Waals surface area (Å²) in [4.78, 5) is 11.1. The van der Waals surface area contributed by atoms with Gasteiger partial charge in [0.2, 0.25) is 0 Å². The van der Waals surface area contributed by atoms with E-state index in [4.69, 9.17) is 5.11 Å². The van der Waals surface area contributed by atoms with Crippen molar-refractivity contribution in [2.45, 2.75) is 31.7 Å². The van der Waals surface area contributed by atoms with Crippen LogP contribution in [0.5, 0.6) is 0 Å². The molecular formula is C11H19NO4S. The highest BCUT2D eigenvalue weighted by Crippen LogP contribution is 2.32. The zero-order chi connectivity index (χ0) is 12.7. The maximum Gasteiger partial charge on any atom is 0.323 e. The molecule has 0 aliphatic carbocycles. The number of nitrogens with one attached hydrogen (secondary N) is 1.